The molecule has 12 heavy (non-hydrogen) atoms. The highest BCUT2D eigenvalue weighted by Crippen LogP contribution is 2.09. The number of alkyl halides is 1. The van der Waals surface area contributed by atoms with E-state index in [0.29, 0.717) is 10.3 Å². The molecule has 0 bridgehead atoms. The summed E-state index contributed by atoms with van der Waals surface area (Å²) >= 11 is 2.08. The van der Waals surface area contributed by atoms with Crippen LogP contribution in [0, 0.1) is 5.92 Å². The quantitative estimate of drug-likeness (QED) is 0.586. The number of amides is 1. The molecule has 4 heteroatoms. The van der Waals surface area contributed by atoms with Gasteiger partial charge in [0.2, 0.25) is 5.91 Å². The highest BCUT2D eigenvalue weighted by molar-refractivity contribution is 14.1. The predicted molar refractivity (Wildman–Crippen MR) is 57.5 cm³/mol. The molecule has 1 saturated heterocycles. The minimum Gasteiger partial charge on any atom is -0.355 e. The molecule has 0 spiro atoms. The monoisotopic (exact) mass is 282 g/mol. The minimum atomic E-state index is 0.161. The molecule has 1 heterocycles. The van der Waals surface area contributed by atoms with Crippen LogP contribution in [0.15, 0.2) is 0 Å². The van der Waals surface area contributed by atoms with Gasteiger partial charge in [-0.1, -0.05) is 22.6 Å². The van der Waals surface area contributed by atoms with Crippen molar-refractivity contribution in [3.8, 4) is 0 Å². The summed E-state index contributed by atoms with van der Waals surface area (Å²) in [6.07, 6.45) is 2.39. The molecule has 3 nitrogen and oxygen atoms in total. The maximum absolute atomic E-state index is 10.9. The molecule has 0 atom stereocenters. The van der Waals surface area contributed by atoms with E-state index in [1.165, 1.54) is 12.8 Å². The molecule has 0 aliphatic carbocycles. The molecule has 0 aromatic heterocycles. The Morgan fingerprint density at radius 3 is 2.75 bits per heavy atom. The smallest absolute Gasteiger partial charge is 0.229 e. The summed E-state index contributed by atoms with van der Waals surface area (Å²) in [5.74, 6) is 0.854. The number of piperidine rings is 1. The van der Waals surface area contributed by atoms with Gasteiger partial charge in [0, 0.05) is 6.54 Å². The molecule has 0 saturated carbocycles. The number of hydrogen-bond acceptors (Lipinski definition) is 2. The summed E-state index contributed by atoms with van der Waals surface area (Å²) in [7, 11) is 0. The third kappa shape index (κ3) is 3.71. The van der Waals surface area contributed by atoms with Crippen LogP contribution in [0.25, 0.3) is 0 Å². The number of hydrogen-bond donors (Lipinski definition) is 2. The largest absolute Gasteiger partial charge is 0.355 e. The van der Waals surface area contributed by atoms with Crippen LogP contribution >= 0.6 is 22.6 Å². The van der Waals surface area contributed by atoms with E-state index in [0.717, 1.165) is 19.6 Å². The summed E-state index contributed by atoms with van der Waals surface area (Å²) in [6.45, 7) is 3.07. The van der Waals surface area contributed by atoms with E-state index in [1.807, 2.05) is 0 Å². The van der Waals surface area contributed by atoms with Crippen molar-refractivity contribution in [3.63, 3.8) is 0 Å². The lowest BCUT2D eigenvalue weighted by Gasteiger charge is -2.22. The van der Waals surface area contributed by atoms with Gasteiger partial charge >= 0.3 is 0 Å². The molecule has 0 unspecified atom stereocenters. The zero-order chi connectivity index (χ0) is 8.81. The highest BCUT2D eigenvalue weighted by atomic mass is 127. The van der Waals surface area contributed by atoms with E-state index < -0.39 is 0 Å². The molecule has 1 aliphatic heterocycles. The van der Waals surface area contributed by atoms with Gasteiger partial charge < -0.3 is 10.6 Å². The molecule has 1 fully saturated rings. The van der Waals surface area contributed by atoms with Crippen molar-refractivity contribution < 1.29 is 4.79 Å². The van der Waals surface area contributed by atoms with E-state index in [1.54, 1.807) is 0 Å². The fraction of sp³-hybridized carbons (Fsp3) is 0.875. The Kier molecular flexibility index (Phi) is 4.90. The molecule has 1 aliphatic rings. The maximum atomic E-state index is 10.9. The van der Waals surface area contributed by atoms with Gasteiger partial charge in [0.05, 0.1) is 4.43 Å². The first-order chi connectivity index (χ1) is 5.83. The van der Waals surface area contributed by atoms with Crippen molar-refractivity contribution >= 4 is 28.5 Å². The fourth-order valence-electron chi connectivity index (χ4n) is 1.39. The molecular weight excluding hydrogens is 267 g/mol. The van der Waals surface area contributed by atoms with Gasteiger partial charge in [-0.25, -0.2) is 0 Å². The summed E-state index contributed by atoms with van der Waals surface area (Å²) in [5, 5.41) is 6.23. The topological polar surface area (TPSA) is 41.1 Å². The van der Waals surface area contributed by atoms with Crippen LogP contribution in [0.3, 0.4) is 0 Å². The molecular formula is C8H15IN2O. The van der Waals surface area contributed by atoms with E-state index in [4.69, 9.17) is 0 Å². The number of carbonyl (C=O) groups is 1. The number of nitrogens with one attached hydrogen (secondary N) is 2. The van der Waals surface area contributed by atoms with E-state index >= 15 is 0 Å². The van der Waals surface area contributed by atoms with E-state index in [2.05, 4.69) is 33.2 Å². The second-order valence-electron chi connectivity index (χ2n) is 3.13. The Balaban J connectivity index is 2.09. The summed E-state index contributed by atoms with van der Waals surface area (Å²) in [5.41, 5.74) is 0. The van der Waals surface area contributed by atoms with Gasteiger partial charge in [-0.2, -0.15) is 0 Å². The number of carbonyl (C=O) groups excluding carboxylic acids is 1. The Labute approximate surface area is 86.8 Å². The lowest BCUT2D eigenvalue weighted by Crippen LogP contribution is -2.36. The van der Waals surface area contributed by atoms with Crippen LogP contribution in [0.2, 0.25) is 0 Å². The Hall–Kier alpha value is 0.160. The van der Waals surface area contributed by atoms with Crippen LogP contribution in [0.4, 0.5) is 0 Å². The summed E-state index contributed by atoms with van der Waals surface area (Å²) in [4.78, 5) is 10.9. The average molecular weight is 282 g/mol. The predicted octanol–water partition coefficient (Wildman–Crippen LogP) is 0.537. The third-order valence-electron chi connectivity index (χ3n) is 2.17. The molecule has 0 radical (unpaired) electrons. The molecule has 2 N–H and O–H groups in total. The van der Waals surface area contributed by atoms with Gasteiger partial charge in [-0.15, -0.1) is 0 Å². The zero-order valence-corrected chi connectivity index (χ0v) is 9.26. The average Bonchev–Trinajstić information content (AvgIpc) is 2.16. The summed E-state index contributed by atoms with van der Waals surface area (Å²) in [6, 6.07) is 0. The molecule has 0 aromatic rings. The first kappa shape index (κ1) is 10.2. The SMILES string of the molecule is O=C(CI)NCC1CCNCC1. The second kappa shape index (κ2) is 5.75. The lowest BCUT2D eigenvalue weighted by atomic mass is 9.98. The van der Waals surface area contributed by atoms with Gasteiger partial charge in [0.1, 0.15) is 0 Å². The fourth-order valence-corrected chi connectivity index (χ4v) is 1.66. The molecule has 70 valence electrons. The maximum Gasteiger partial charge on any atom is 0.229 e. The highest BCUT2D eigenvalue weighted by Gasteiger charge is 2.12. The standard InChI is InChI=1S/C8H15IN2O/c9-5-8(12)11-6-7-1-3-10-4-2-7/h7,10H,1-6H2,(H,11,12). The van der Waals surface area contributed by atoms with Crippen LogP contribution in [-0.4, -0.2) is 30.0 Å². The number of halogens is 1. The second-order valence-corrected chi connectivity index (χ2v) is 3.89. The lowest BCUT2D eigenvalue weighted by molar-refractivity contribution is -0.118. The molecule has 1 amide bonds. The first-order valence-electron chi connectivity index (χ1n) is 4.36. The van der Waals surface area contributed by atoms with Gasteiger partial charge in [0.25, 0.3) is 0 Å². The van der Waals surface area contributed by atoms with Gasteiger partial charge in [0.15, 0.2) is 0 Å². The Bertz CT molecular complexity index is 146. The number of rotatable bonds is 3. The van der Waals surface area contributed by atoms with Crippen molar-refractivity contribution in [3.05, 3.63) is 0 Å². The first-order valence-corrected chi connectivity index (χ1v) is 5.89. The van der Waals surface area contributed by atoms with Gasteiger partial charge in [-0.05, 0) is 31.8 Å². The van der Waals surface area contributed by atoms with Crippen molar-refractivity contribution in [2.75, 3.05) is 24.1 Å². The van der Waals surface area contributed by atoms with Gasteiger partial charge in [-0.3, -0.25) is 4.79 Å². The minimum absolute atomic E-state index is 0.161. The Morgan fingerprint density at radius 1 is 1.50 bits per heavy atom. The third-order valence-corrected chi connectivity index (χ3v) is 2.86. The van der Waals surface area contributed by atoms with E-state index in [9.17, 15) is 4.79 Å². The molecule has 1 rings (SSSR count). The van der Waals surface area contributed by atoms with Crippen molar-refractivity contribution in [2.24, 2.45) is 5.92 Å². The zero-order valence-electron chi connectivity index (χ0n) is 7.11. The van der Waals surface area contributed by atoms with Crippen molar-refractivity contribution in [1.82, 2.24) is 10.6 Å². The van der Waals surface area contributed by atoms with Crippen LogP contribution in [-0.2, 0) is 4.79 Å². The molecule has 0 aromatic carbocycles. The van der Waals surface area contributed by atoms with E-state index in [-0.39, 0.29) is 5.91 Å². The van der Waals surface area contributed by atoms with Crippen molar-refractivity contribution in [1.29, 1.82) is 0 Å². The normalized spacial score (nSPS) is 19.1. The summed E-state index contributed by atoms with van der Waals surface area (Å²) < 4.78 is 0.572. The Morgan fingerprint density at radius 2 is 2.17 bits per heavy atom. The van der Waals surface area contributed by atoms with Crippen LogP contribution in [0.5, 0.6) is 0 Å². The van der Waals surface area contributed by atoms with Crippen LogP contribution < -0.4 is 10.6 Å². The van der Waals surface area contributed by atoms with Crippen LogP contribution in [0.1, 0.15) is 12.8 Å². The van der Waals surface area contributed by atoms with Crippen molar-refractivity contribution in [2.45, 2.75) is 12.8 Å².